The van der Waals surface area contributed by atoms with Crippen molar-refractivity contribution >= 4 is 33.5 Å². The van der Waals surface area contributed by atoms with Crippen LogP contribution in [0.4, 0.5) is 0 Å². The van der Waals surface area contributed by atoms with E-state index >= 15 is 0 Å². The molecule has 4 rings (SSSR count). The summed E-state index contributed by atoms with van der Waals surface area (Å²) in [6.07, 6.45) is 7.31. The van der Waals surface area contributed by atoms with Crippen LogP contribution in [-0.4, -0.2) is 40.8 Å². The quantitative estimate of drug-likeness (QED) is 0.313. The van der Waals surface area contributed by atoms with Gasteiger partial charge in [0.2, 0.25) is 0 Å². The predicted molar refractivity (Wildman–Crippen MR) is 112 cm³/mol. The van der Waals surface area contributed by atoms with Crippen LogP contribution >= 0.6 is 23.1 Å². The van der Waals surface area contributed by atoms with Crippen molar-refractivity contribution in [3.63, 3.8) is 0 Å². The van der Waals surface area contributed by atoms with E-state index < -0.39 is 10.4 Å². The maximum atomic E-state index is 11.9. The van der Waals surface area contributed by atoms with Crippen molar-refractivity contribution in [2.45, 2.75) is 13.1 Å². The molecule has 0 N–H and O–H groups in total. The highest BCUT2D eigenvalue weighted by molar-refractivity contribution is 7.81. The largest absolute Gasteiger partial charge is 0.400 e. The zero-order chi connectivity index (χ0) is 21.5. The number of hydrogen-bond donors (Lipinski definition) is 0. The molecular weight excluding hydrogens is 460 g/mol. The molecule has 0 aromatic carbocycles. The van der Waals surface area contributed by atoms with E-state index in [9.17, 15) is 8.42 Å². The molecule has 0 saturated carbocycles. The van der Waals surface area contributed by atoms with Crippen LogP contribution in [0.5, 0.6) is 0 Å². The third-order valence-corrected chi connectivity index (χ3v) is 6.17. The number of nitrogens with zero attached hydrogens (tertiary/aromatic N) is 6. The molecule has 0 aliphatic heterocycles. The van der Waals surface area contributed by atoms with Gasteiger partial charge in [-0.2, -0.15) is 8.42 Å². The lowest BCUT2D eigenvalue weighted by molar-refractivity contribution is -0.698. The van der Waals surface area contributed by atoms with Crippen molar-refractivity contribution < 1.29 is 25.9 Å². The Kier molecular flexibility index (Phi) is 6.99. The van der Waals surface area contributed by atoms with Gasteiger partial charge in [0, 0.05) is 46.2 Å². The first kappa shape index (κ1) is 21.5. The summed E-state index contributed by atoms with van der Waals surface area (Å²) in [4.78, 5) is 0. The Bertz CT molecular complexity index is 1090. The molecule has 0 fully saturated rings. The van der Waals surface area contributed by atoms with Gasteiger partial charge in [-0.25, -0.2) is 17.5 Å². The van der Waals surface area contributed by atoms with E-state index in [0.29, 0.717) is 13.1 Å². The van der Waals surface area contributed by atoms with Gasteiger partial charge in [0.15, 0.2) is 37.9 Å². The predicted octanol–water partition coefficient (Wildman–Crippen LogP) is 1.28. The van der Waals surface area contributed by atoms with Crippen molar-refractivity contribution in [3.8, 4) is 22.5 Å². The molecule has 4 aromatic rings. The Labute approximate surface area is 187 Å². The number of rotatable bonds is 10. The average molecular weight is 479 g/mol. The monoisotopic (exact) mass is 478 g/mol. The summed E-state index contributed by atoms with van der Waals surface area (Å²) in [5.74, 6) is 0. The standard InChI is InChI=1S/C18H18N6O4S3/c25-31(26,27-11-9-23-5-1-15(2-6-23)17-13-29-21-19-17)28-12-10-24-7-3-16(4-8-24)18-14-30-22-20-18/h1-8,13-14H,9-12H2/q+2. The van der Waals surface area contributed by atoms with Crippen LogP contribution in [0.15, 0.2) is 59.8 Å². The number of pyridine rings is 2. The molecule has 0 spiro atoms. The lowest BCUT2D eigenvalue weighted by atomic mass is 10.2. The molecule has 4 heterocycles. The van der Waals surface area contributed by atoms with Gasteiger partial charge < -0.3 is 0 Å². The Morgan fingerprint density at radius 1 is 0.742 bits per heavy atom. The first-order valence-corrected chi connectivity index (χ1v) is 12.2. The van der Waals surface area contributed by atoms with E-state index in [1.807, 2.05) is 68.9 Å². The van der Waals surface area contributed by atoms with Crippen molar-refractivity contribution in [2.24, 2.45) is 0 Å². The molecule has 0 bridgehead atoms. The summed E-state index contributed by atoms with van der Waals surface area (Å²) >= 11 is 2.57. The Morgan fingerprint density at radius 3 is 1.52 bits per heavy atom. The normalized spacial score (nSPS) is 11.6. The lowest BCUT2D eigenvalue weighted by Gasteiger charge is -2.04. The molecule has 4 aromatic heterocycles. The highest BCUT2D eigenvalue weighted by atomic mass is 32.3. The third kappa shape index (κ3) is 6.15. The summed E-state index contributed by atoms with van der Waals surface area (Å²) in [6.45, 7) is 0.655. The molecule has 0 unspecified atom stereocenters. The lowest BCUT2D eigenvalue weighted by Crippen LogP contribution is -2.37. The van der Waals surface area contributed by atoms with Crippen LogP contribution in [0.25, 0.3) is 22.5 Å². The summed E-state index contributed by atoms with van der Waals surface area (Å²) in [6, 6.07) is 7.54. The second kappa shape index (κ2) is 10.1. The van der Waals surface area contributed by atoms with Crippen molar-refractivity contribution in [1.29, 1.82) is 0 Å². The van der Waals surface area contributed by atoms with Crippen LogP contribution < -0.4 is 9.13 Å². The first-order valence-electron chi connectivity index (χ1n) is 9.16. The fourth-order valence-electron chi connectivity index (χ4n) is 2.66. The first-order chi connectivity index (χ1) is 15.1. The van der Waals surface area contributed by atoms with E-state index in [1.54, 1.807) is 0 Å². The molecular formula is C18H18N6O4S3+2. The second-order valence-corrected chi connectivity index (χ2v) is 8.79. The molecule has 0 aliphatic rings. The van der Waals surface area contributed by atoms with Crippen LogP contribution in [0.2, 0.25) is 0 Å². The molecule has 0 radical (unpaired) electrons. The summed E-state index contributed by atoms with van der Waals surface area (Å²) in [5, 5.41) is 11.7. The minimum Gasteiger partial charge on any atom is -0.241 e. The molecule has 0 atom stereocenters. The molecule has 10 nitrogen and oxygen atoms in total. The molecule has 13 heteroatoms. The van der Waals surface area contributed by atoms with Crippen LogP contribution in [0.1, 0.15) is 0 Å². The SMILES string of the molecule is O=S(=O)(OCC[n+]1ccc(-c2csnn2)cc1)OCC[n+]1ccc(-c2csnn2)cc1. The van der Waals surface area contributed by atoms with Gasteiger partial charge in [0.25, 0.3) is 0 Å². The molecule has 160 valence electrons. The maximum Gasteiger partial charge on any atom is 0.400 e. The van der Waals surface area contributed by atoms with E-state index in [2.05, 4.69) is 19.2 Å². The Morgan fingerprint density at radius 2 is 1.16 bits per heavy atom. The highest BCUT2D eigenvalue weighted by Crippen LogP contribution is 2.16. The second-order valence-electron chi connectivity index (χ2n) is 6.28. The topological polar surface area (TPSA) is 112 Å². The average Bonchev–Trinajstić information content (AvgIpc) is 3.49. The van der Waals surface area contributed by atoms with Crippen molar-refractivity contribution in [1.82, 2.24) is 19.2 Å². The third-order valence-electron chi connectivity index (χ3n) is 4.25. The highest BCUT2D eigenvalue weighted by Gasteiger charge is 2.15. The van der Waals surface area contributed by atoms with E-state index in [-0.39, 0.29) is 13.2 Å². The summed E-state index contributed by atoms with van der Waals surface area (Å²) in [7, 11) is -4.07. The zero-order valence-corrected chi connectivity index (χ0v) is 18.6. The molecule has 0 amide bonds. The van der Waals surface area contributed by atoms with E-state index in [1.165, 1.54) is 23.1 Å². The molecule has 31 heavy (non-hydrogen) atoms. The van der Waals surface area contributed by atoms with Gasteiger partial charge in [-0.05, 0) is 23.1 Å². The molecule has 0 aliphatic carbocycles. The minimum absolute atomic E-state index is 0.0336. The number of hydrogen-bond acceptors (Lipinski definition) is 10. The molecule has 0 saturated heterocycles. The van der Waals surface area contributed by atoms with Gasteiger partial charge in [0.05, 0.1) is 0 Å². The van der Waals surface area contributed by atoms with Gasteiger partial charge in [0.1, 0.15) is 24.6 Å². The fraction of sp³-hybridized carbons (Fsp3) is 0.222. The zero-order valence-electron chi connectivity index (χ0n) is 16.1. The van der Waals surface area contributed by atoms with Gasteiger partial charge in [-0.1, -0.05) is 8.98 Å². The van der Waals surface area contributed by atoms with Crippen LogP contribution in [-0.2, 0) is 31.9 Å². The Hall–Kier alpha value is -2.71. The van der Waals surface area contributed by atoms with Crippen molar-refractivity contribution in [2.75, 3.05) is 13.2 Å². The fourth-order valence-corrected chi connectivity index (χ4v) is 4.21. The van der Waals surface area contributed by atoms with Crippen LogP contribution in [0.3, 0.4) is 0 Å². The Balaban J connectivity index is 1.20. The van der Waals surface area contributed by atoms with Crippen LogP contribution in [0, 0.1) is 0 Å². The summed E-state index contributed by atoms with van der Waals surface area (Å²) in [5.41, 5.74) is 3.49. The smallest absolute Gasteiger partial charge is 0.241 e. The van der Waals surface area contributed by atoms with E-state index in [0.717, 1.165) is 22.5 Å². The van der Waals surface area contributed by atoms with E-state index in [4.69, 9.17) is 8.37 Å². The van der Waals surface area contributed by atoms with Crippen molar-refractivity contribution in [3.05, 3.63) is 59.8 Å². The summed E-state index contributed by atoms with van der Waals surface area (Å²) < 4.78 is 45.0. The maximum absolute atomic E-state index is 11.9. The van der Waals surface area contributed by atoms with Gasteiger partial charge in [-0.15, -0.1) is 10.2 Å². The van der Waals surface area contributed by atoms with Gasteiger partial charge in [-0.3, -0.25) is 0 Å². The number of aromatic nitrogens is 6. The minimum atomic E-state index is -4.07. The van der Waals surface area contributed by atoms with Gasteiger partial charge >= 0.3 is 10.4 Å².